The van der Waals surface area contributed by atoms with E-state index in [1.165, 1.54) is 13.0 Å². The van der Waals surface area contributed by atoms with Gasteiger partial charge in [-0.05, 0) is 81.6 Å². The van der Waals surface area contributed by atoms with E-state index in [-0.39, 0.29) is 81.1 Å². The van der Waals surface area contributed by atoms with Gasteiger partial charge in [0, 0.05) is 27.4 Å². The van der Waals surface area contributed by atoms with Crippen LogP contribution in [0.5, 0.6) is 5.75 Å². The van der Waals surface area contributed by atoms with Gasteiger partial charge in [-0.25, -0.2) is 0 Å². The Morgan fingerprint density at radius 1 is 1.11 bits per heavy atom. The number of nitrogens with zero attached hydrogens (tertiary/aromatic N) is 1. The van der Waals surface area contributed by atoms with Crippen LogP contribution >= 0.6 is 0 Å². The Hall–Kier alpha value is -2.46. The lowest BCUT2D eigenvalue weighted by Gasteiger charge is -2.32. The lowest BCUT2D eigenvalue weighted by Crippen LogP contribution is -2.35. The Morgan fingerprint density at radius 3 is 2.42 bits per heavy atom. The molecule has 1 aromatic carbocycles. The number of rotatable bonds is 12. The quantitative estimate of drug-likeness (QED) is 0.284. The Labute approximate surface area is 214 Å². The lowest BCUT2D eigenvalue weighted by atomic mass is 9.72. The number of fused-ring (bicyclic) bond motifs is 1. The fourth-order valence-electron chi connectivity index (χ4n) is 5.68. The van der Waals surface area contributed by atoms with Gasteiger partial charge in [0.25, 0.3) is 0 Å². The number of benzene rings is 1. The molecule has 1 aromatic rings. The van der Waals surface area contributed by atoms with Crippen molar-refractivity contribution < 1.29 is 42.8 Å². The number of piperidine rings is 1. The summed E-state index contributed by atoms with van der Waals surface area (Å²) in [6, 6.07) is 3.01. The van der Waals surface area contributed by atoms with Crippen molar-refractivity contribution >= 4 is 23.1 Å². The molecule has 1 saturated heterocycles. The molecule has 0 spiro atoms. The summed E-state index contributed by atoms with van der Waals surface area (Å²) in [4.78, 5) is 52.4. The minimum atomic E-state index is -0.799. The van der Waals surface area contributed by atoms with E-state index >= 15 is 0 Å². The highest BCUT2D eigenvalue weighted by atomic mass is 16.3. The maximum atomic E-state index is 13.2. The van der Waals surface area contributed by atoms with Gasteiger partial charge in [0.1, 0.15) is 17.3 Å². The molecule has 0 amide bonds. The molecule has 0 bridgehead atoms. The second kappa shape index (κ2) is 13.7. The Kier molecular flexibility index (Phi) is 11.4. The highest BCUT2D eigenvalue weighted by molar-refractivity contribution is 6.07. The first-order chi connectivity index (χ1) is 16.7. The van der Waals surface area contributed by atoms with Crippen LogP contribution in [0.1, 0.15) is 81.0 Å². The van der Waals surface area contributed by atoms with E-state index in [1.54, 1.807) is 6.07 Å². The van der Waals surface area contributed by atoms with Crippen molar-refractivity contribution in [3.63, 3.8) is 0 Å². The van der Waals surface area contributed by atoms with E-state index in [1.807, 2.05) is 0 Å². The Balaban J connectivity index is 0.00000456. The van der Waals surface area contributed by atoms with E-state index in [0.29, 0.717) is 24.0 Å². The van der Waals surface area contributed by atoms with Crippen LogP contribution in [-0.2, 0) is 16.0 Å². The van der Waals surface area contributed by atoms with Gasteiger partial charge >= 0.3 is 0 Å². The van der Waals surface area contributed by atoms with Gasteiger partial charge in [0.15, 0.2) is 11.6 Å². The third-order valence-electron chi connectivity index (χ3n) is 7.39. The monoisotopic (exact) mass is 509 g/mol. The van der Waals surface area contributed by atoms with Crippen molar-refractivity contribution in [2.75, 3.05) is 32.8 Å². The van der Waals surface area contributed by atoms with E-state index in [9.17, 15) is 34.5 Å². The Bertz CT molecular complexity index is 965. The second-order valence-corrected chi connectivity index (χ2v) is 10.1. The number of phenols is 1. The van der Waals surface area contributed by atoms with Crippen molar-refractivity contribution in [3.8, 4) is 5.75 Å². The van der Waals surface area contributed by atoms with Crippen molar-refractivity contribution in [1.29, 1.82) is 0 Å². The standard InChI is InChI=1S/C27H37NO7.H2O.2H2/c1-17(31)11-24(33)22(16-30)19(7-10-29)12-18-13-21-20(5-6-23(32)27(21)25(34)14-18)26(35)15-28-8-3-2-4-9-28;;;/h5-6,18-19,22,29-30,32H,2-4,7-16H2,1H3;1H2;2*1H. The van der Waals surface area contributed by atoms with E-state index in [0.717, 1.165) is 32.4 Å². The van der Waals surface area contributed by atoms with E-state index in [4.69, 9.17) is 0 Å². The van der Waals surface area contributed by atoms with Crippen LogP contribution in [0, 0.1) is 17.8 Å². The number of phenolic OH excluding ortho intramolecular Hbond substituents is 1. The average molecular weight is 510 g/mol. The summed E-state index contributed by atoms with van der Waals surface area (Å²) in [5, 5.41) is 29.9. The van der Waals surface area contributed by atoms with Crippen LogP contribution in [0.2, 0.25) is 0 Å². The third-order valence-corrected chi connectivity index (χ3v) is 7.39. The molecule has 0 radical (unpaired) electrons. The lowest BCUT2D eigenvalue weighted by molar-refractivity contribution is -0.131. The highest BCUT2D eigenvalue weighted by Crippen LogP contribution is 2.38. The van der Waals surface area contributed by atoms with Crippen LogP contribution in [0.3, 0.4) is 0 Å². The van der Waals surface area contributed by atoms with Gasteiger partial charge in [-0.1, -0.05) is 6.42 Å². The zero-order chi connectivity index (χ0) is 25.5. The molecule has 1 heterocycles. The van der Waals surface area contributed by atoms with Gasteiger partial charge in [-0.2, -0.15) is 0 Å². The molecular weight excluding hydrogens is 466 g/mol. The van der Waals surface area contributed by atoms with Crippen molar-refractivity contribution in [2.24, 2.45) is 17.8 Å². The molecular formula is C27H43NO8. The molecule has 2 aliphatic rings. The van der Waals surface area contributed by atoms with Crippen molar-refractivity contribution in [1.82, 2.24) is 4.90 Å². The van der Waals surface area contributed by atoms with Crippen LogP contribution in [0.15, 0.2) is 12.1 Å². The summed E-state index contributed by atoms with van der Waals surface area (Å²) in [6.07, 6.45) is 4.17. The van der Waals surface area contributed by atoms with Crippen molar-refractivity contribution in [2.45, 2.75) is 58.3 Å². The number of ketones is 4. The molecule has 3 unspecified atom stereocenters. The maximum Gasteiger partial charge on any atom is 0.177 e. The number of aliphatic hydroxyl groups is 2. The first-order valence-electron chi connectivity index (χ1n) is 12.6. The van der Waals surface area contributed by atoms with Gasteiger partial charge in [-0.15, -0.1) is 0 Å². The number of hydrogen-bond acceptors (Lipinski definition) is 8. The molecule has 0 aromatic heterocycles. The summed E-state index contributed by atoms with van der Waals surface area (Å²) in [5.41, 5.74) is 1.20. The topological polar surface area (TPSA) is 164 Å². The summed E-state index contributed by atoms with van der Waals surface area (Å²) in [7, 11) is 0. The molecule has 36 heavy (non-hydrogen) atoms. The first-order valence-corrected chi connectivity index (χ1v) is 12.6. The number of carbonyl (C=O) groups is 4. The molecule has 9 heteroatoms. The summed E-state index contributed by atoms with van der Waals surface area (Å²) in [6.45, 7) is 2.70. The molecule has 3 atom stereocenters. The zero-order valence-electron chi connectivity index (χ0n) is 21.0. The van der Waals surface area contributed by atoms with Crippen molar-refractivity contribution in [3.05, 3.63) is 28.8 Å². The van der Waals surface area contributed by atoms with Crippen LogP contribution in [0.4, 0.5) is 0 Å². The molecule has 204 valence electrons. The highest BCUT2D eigenvalue weighted by Gasteiger charge is 2.35. The molecule has 1 aliphatic carbocycles. The minimum absolute atomic E-state index is 0. The van der Waals surface area contributed by atoms with Gasteiger partial charge in [-0.3, -0.25) is 24.1 Å². The summed E-state index contributed by atoms with van der Waals surface area (Å²) < 4.78 is 0. The SMILES string of the molecule is CC(=O)CC(=O)C(CO)C(CCO)CC1CC(=O)c2c(O)ccc(C(=O)CN3CCCCC3)c2C1.O.[HH].[HH]. The van der Waals surface area contributed by atoms with Gasteiger partial charge in [0.2, 0.25) is 0 Å². The normalized spacial score (nSPS) is 19.6. The predicted octanol–water partition coefficient (Wildman–Crippen LogP) is 2.02. The molecule has 9 nitrogen and oxygen atoms in total. The zero-order valence-corrected chi connectivity index (χ0v) is 21.0. The third kappa shape index (κ3) is 7.29. The Morgan fingerprint density at radius 2 is 1.81 bits per heavy atom. The van der Waals surface area contributed by atoms with Gasteiger partial charge < -0.3 is 20.8 Å². The second-order valence-electron chi connectivity index (χ2n) is 10.1. The molecule has 5 N–H and O–H groups in total. The largest absolute Gasteiger partial charge is 0.507 e. The fourth-order valence-corrected chi connectivity index (χ4v) is 5.68. The van der Waals surface area contributed by atoms with Gasteiger partial charge in [0.05, 0.1) is 25.1 Å². The fraction of sp³-hybridized carbons (Fsp3) is 0.630. The molecule has 0 saturated carbocycles. The van der Waals surface area contributed by atoms with E-state index < -0.39 is 18.4 Å². The van der Waals surface area contributed by atoms with Crippen LogP contribution < -0.4 is 0 Å². The molecule has 3 rings (SSSR count). The van der Waals surface area contributed by atoms with Crippen LogP contribution in [-0.4, -0.2) is 81.7 Å². The molecule has 1 fully saturated rings. The van der Waals surface area contributed by atoms with E-state index in [2.05, 4.69) is 4.90 Å². The number of carbonyl (C=O) groups excluding carboxylic acids is 4. The summed E-state index contributed by atoms with van der Waals surface area (Å²) >= 11 is 0. The number of likely N-dealkylation sites (tertiary alicyclic amines) is 1. The predicted molar refractivity (Wildman–Crippen MR) is 137 cm³/mol. The first kappa shape index (κ1) is 29.8. The average Bonchev–Trinajstić information content (AvgIpc) is 2.79. The number of aliphatic hydroxyl groups excluding tert-OH is 2. The van der Waals surface area contributed by atoms with Crippen LogP contribution in [0.25, 0.3) is 0 Å². The summed E-state index contributed by atoms with van der Waals surface area (Å²) in [5.74, 6) is -2.52. The smallest absolute Gasteiger partial charge is 0.177 e. The number of aromatic hydroxyl groups is 1. The number of Topliss-reactive ketones (excluding diaryl/α,β-unsaturated/α-hetero) is 4. The minimum Gasteiger partial charge on any atom is -0.507 e. The maximum absolute atomic E-state index is 13.2. The number of hydrogen-bond donors (Lipinski definition) is 3. The molecule has 1 aliphatic heterocycles.